The van der Waals surface area contributed by atoms with Gasteiger partial charge in [0.15, 0.2) is 5.78 Å². The third-order valence-corrected chi connectivity index (χ3v) is 4.43. The van der Waals surface area contributed by atoms with E-state index >= 15 is 0 Å². The first-order valence-corrected chi connectivity index (χ1v) is 8.38. The summed E-state index contributed by atoms with van der Waals surface area (Å²) in [7, 11) is 0. The van der Waals surface area contributed by atoms with Crippen molar-refractivity contribution in [1.82, 2.24) is 0 Å². The van der Waals surface area contributed by atoms with Crippen LogP contribution in [-0.2, 0) is 4.74 Å². The normalized spacial score (nSPS) is 24.9. The predicted octanol–water partition coefficient (Wildman–Crippen LogP) is 0.916. The molecule has 140 valence electrons. The largest absolute Gasteiger partial charge is 0.462 e. The number of benzene rings is 2. The van der Waals surface area contributed by atoms with E-state index in [1.165, 1.54) is 0 Å². The molecule has 0 aliphatic carbocycles. The van der Waals surface area contributed by atoms with Crippen molar-refractivity contribution in [1.29, 1.82) is 5.26 Å². The molecule has 1 aliphatic heterocycles. The molecule has 2 aromatic carbocycles. The first-order valence-electron chi connectivity index (χ1n) is 8.38. The highest BCUT2D eigenvalue weighted by Gasteiger charge is 2.39. The summed E-state index contributed by atoms with van der Waals surface area (Å²) in [6.07, 6.45) is -5.05. The van der Waals surface area contributed by atoms with E-state index in [4.69, 9.17) is 14.7 Å². The predicted molar refractivity (Wildman–Crippen MR) is 94.2 cm³/mol. The van der Waals surface area contributed by atoms with Gasteiger partial charge in [-0.05, 0) is 55.0 Å². The number of carbonyl (C=O) groups excluding carboxylic acids is 1. The zero-order valence-corrected chi connectivity index (χ0v) is 14.6. The highest BCUT2D eigenvalue weighted by atomic mass is 16.7. The minimum atomic E-state index is -1.39. The fourth-order valence-corrected chi connectivity index (χ4v) is 2.83. The summed E-state index contributed by atoms with van der Waals surface area (Å²) in [5.74, 6) is 0.174. The van der Waals surface area contributed by atoms with Crippen molar-refractivity contribution >= 4 is 5.78 Å². The molecule has 0 radical (unpaired) electrons. The Labute approximate surface area is 156 Å². The van der Waals surface area contributed by atoms with Crippen LogP contribution in [0, 0.1) is 18.3 Å². The topological polar surface area (TPSA) is 120 Å². The maximum Gasteiger partial charge on any atom is 0.228 e. The van der Waals surface area contributed by atoms with Crippen molar-refractivity contribution in [3.05, 3.63) is 64.7 Å². The Kier molecular flexibility index (Phi) is 5.54. The number of hydrogen-bond donors (Lipinski definition) is 3. The fraction of sp³-hybridized carbons (Fsp3) is 0.300. The number of ether oxygens (including phenoxy) is 2. The number of aryl methyl sites for hydroxylation is 1. The Bertz CT molecular complexity index is 873. The van der Waals surface area contributed by atoms with Crippen LogP contribution in [0.4, 0.5) is 0 Å². The molecular weight excluding hydrogens is 350 g/mol. The number of rotatable bonds is 4. The number of aliphatic hydroxyl groups is 3. The molecule has 7 heteroatoms. The molecular formula is C20H19NO6. The highest BCUT2D eigenvalue weighted by Crippen LogP contribution is 2.24. The monoisotopic (exact) mass is 369 g/mol. The van der Waals surface area contributed by atoms with Crippen molar-refractivity contribution in [2.75, 3.05) is 6.61 Å². The smallest absolute Gasteiger partial charge is 0.228 e. The number of aliphatic hydroxyl groups excluding tert-OH is 3. The molecule has 0 amide bonds. The van der Waals surface area contributed by atoms with Gasteiger partial charge in [0.2, 0.25) is 6.29 Å². The minimum Gasteiger partial charge on any atom is -0.462 e. The lowest BCUT2D eigenvalue weighted by molar-refractivity contribution is -0.242. The van der Waals surface area contributed by atoms with Gasteiger partial charge < -0.3 is 24.8 Å². The molecule has 2 aromatic rings. The molecule has 3 N–H and O–H groups in total. The molecule has 3 rings (SSSR count). The first-order chi connectivity index (χ1) is 12.9. The molecule has 0 spiro atoms. The van der Waals surface area contributed by atoms with Gasteiger partial charge in [-0.3, -0.25) is 4.79 Å². The van der Waals surface area contributed by atoms with Crippen LogP contribution in [0.3, 0.4) is 0 Å². The average molecular weight is 369 g/mol. The molecule has 0 bridgehead atoms. The number of ketones is 1. The number of nitrogens with zero attached hydrogens (tertiary/aromatic N) is 1. The van der Waals surface area contributed by atoms with E-state index < -0.39 is 24.6 Å². The Hall–Kier alpha value is -2.76. The lowest BCUT2D eigenvalue weighted by atomic mass is 9.98. The van der Waals surface area contributed by atoms with Gasteiger partial charge >= 0.3 is 0 Å². The molecule has 1 heterocycles. The van der Waals surface area contributed by atoms with E-state index in [1.807, 2.05) is 6.07 Å². The van der Waals surface area contributed by atoms with Crippen molar-refractivity contribution in [3.8, 4) is 11.8 Å². The van der Waals surface area contributed by atoms with Crippen LogP contribution in [0.1, 0.15) is 27.0 Å². The highest BCUT2D eigenvalue weighted by molar-refractivity contribution is 6.10. The summed E-state index contributed by atoms with van der Waals surface area (Å²) in [5.41, 5.74) is 2.08. The Morgan fingerprint density at radius 3 is 2.48 bits per heavy atom. The van der Waals surface area contributed by atoms with Gasteiger partial charge in [-0.25, -0.2) is 0 Å². The molecule has 4 atom stereocenters. The number of carbonyl (C=O) groups is 1. The van der Waals surface area contributed by atoms with Crippen LogP contribution in [0.15, 0.2) is 42.5 Å². The molecule has 1 aliphatic rings. The Balaban J connectivity index is 1.75. The Morgan fingerprint density at radius 2 is 1.85 bits per heavy atom. The van der Waals surface area contributed by atoms with Crippen LogP contribution in [-0.4, -0.2) is 52.3 Å². The van der Waals surface area contributed by atoms with Gasteiger partial charge in [-0.1, -0.05) is 0 Å². The van der Waals surface area contributed by atoms with Gasteiger partial charge in [-0.2, -0.15) is 5.26 Å². The average Bonchev–Trinajstić information content (AvgIpc) is 2.68. The maximum atomic E-state index is 12.6. The fourth-order valence-electron chi connectivity index (χ4n) is 2.83. The second kappa shape index (κ2) is 7.86. The number of hydrogen-bond acceptors (Lipinski definition) is 7. The third-order valence-electron chi connectivity index (χ3n) is 4.43. The van der Waals surface area contributed by atoms with Crippen LogP contribution in [0.2, 0.25) is 0 Å². The minimum absolute atomic E-state index is 0.156. The van der Waals surface area contributed by atoms with Gasteiger partial charge in [0, 0.05) is 11.1 Å². The second-order valence-corrected chi connectivity index (χ2v) is 6.36. The molecule has 0 saturated carbocycles. The summed E-state index contributed by atoms with van der Waals surface area (Å²) < 4.78 is 10.8. The molecule has 27 heavy (non-hydrogen) atoms. The van der Waals surface area contributed by atoms with Crippen molar-refractivity contribution in [2.24, 2.45) is 0 Å². The summed E-state index contributed by atoms with van der Waals surface area (Å²) >= 11 is 0. The number of nitriles is 1. The quantitative estimate of drug-likeness (QED) is 0.685. The molecule has 7 nitrogen and oxygen atoms in total. The van der Waals surface area contributed by atoms with Gasteiger partial charge in [0.25, 0.3) is 0 Å². The van der Waals surface area contributed by atoms with Crippen LogP contribution in [0.5, 0.6) is 5.75 Å². The lowest BCUT2D eigenvalue weighted by Crippen LogP contribution is -2.54. The zero-order chi connectivity index (χ0) is 19.6. The van der Waals surface area contributed by atoms with E-state index in [-0.39, 0.29) is 12.4 Å². The van der Waals surface area contributed by atoms with Crippen molar-refractivity contribution in [2.45, 2.75) is 31.5 Å². The van der Waals surface area contributed by atoms with Gasteiger partial charge in [0.1, 0.15) is 24.1 Å². The second-order valence-electron chi connectivity index (χ2n) is 6.36. The van der Waals surface area contributed by atoms with E-state index in [1.54, 1.807) is 49.4 Å². The van der Waals surface area contributed by atoms with E-state index in [9.17, 15) is 20.1 Å². The molecule has 0 aromatic heterocycles. The van der Waals surface area contributed by atoms with Crippen LogP contribution < -0.4 is 4.74 Å². The summed E-state index contributed by atoms with van der Waals surface area (Å²) in [6, 6.07) is 13.2. The maximum absolute atomic E-state index is 12.6. The molecule has 0 unspecified atom stereocenters. The van der Waals surface area contributed by atoms with E-state index in [0.29, 0.717) is 28.0 Å². The lowest BCUT2D eigenvalue weighted by Gasteiger charge is -2.35. The van der Waals surface area contributed by atoms with Gasteiger partial charge in [-0.15, -0.1) is 0 Å². The van der Waals surface area contributed by atoms with E-state index in [2.05, 4.69) is 0 Å². The van der Waals surface area contributed by atoms with Crippen LogP contribution >= 0.6 is 0 Å². The van der Waals surface area contributed by atoms with Crippen LogP contribution in [0.25, 0.3) is 0 Å². The summed E-state index contributed by atoms with van der Waals surface area (Å²) in [4.78, 5) is 12.6. The van der Waals surface area contributed by atoms with Crippen molar-refractivity contribution in [3.63, 3.8) is 0 Å². The standard InChI is InChI=1S/C20H19NO6/c1-11-8-14(27-20-19(25)18(24)16(22)10-26-20)6-7-15(11)17(23)13-4-2-12(9-21)3-5-13/h2-8,16,18-20,22,24-25H,10H2,1H3/t16-,18-,19+,20+/m0/s1. The first kappa shape index (κ1) is 19.0. The molecule has 1 fully saturated rings. The zero-order valence-electron chi connectivity index (χ0n) is 14.6. The Morgan fingerprint density at radius 1 is 1.15 bits per heavy atom. The SMILES string of the molecule is Cc1cc(O[C@H]2OC[C@H](O)[C@H](O)[C@H]2O)ccc1C(=O)c1ccc(C#N)cc1. The molecule has 1 saturated heterocycles. The van der Waals surface area contributed by atoms with E-state index in [0.717, 1.165) is 0 Å². The third kappa shape index (κ3) is 3.99. The van der Waals surface area contributed by atoms with Gasteiger partial charge in [0.05, 0.1) is 18.2 Å². The summed E-state index contributed by atoms with van der Waals surface area (Å²) in [6.45, 7) is 1.59. The summed E-state index contributed by atoms with van der Waals surface area (Å²) in [5, 5.41) is 37.9. The van der Waals surface area contributed by atoms with Crippen molar-refractivity contribution < 1.29 is 29.6 Å².